The molecule has 2 rings (SSSR count). The van der Waals surface area contributed by atoms with Gasteiger partial charge in [0.1, 0.15) is 23.6 Å². The van der Waals surface area contributed by atoms with Crippen LogP contribution in [0.1, 0.15) is 18.1 Å². The minimum atomic E-state index is -0.435. The molecule has 0 spiro atoms. The van der Waals surface area contributed by atoms with Gasteiger partial charge in [-0.2, -0.15) is 0 Å². The molecule has 1 aromatic carbocycles. The van der Waals surface area contributed by atoms with Crippen LogP contribution in [0, 0.1) is 0 Å². The molecule has 1 unspecified atom stereocenters. The summed E-state index contributed by atoms with van der Waals surface area (Å²) in [5, 5.41) is -0.318. The molecule has 0 aliphatic heterocycles. The van der Waals surface area contributed by atoms with Gasteiger partial charge in [-0.1, -0.05) is 6.07 Å². The predicted octanol–water partition coefficient (Wildman–Crippen LogP) is 1.83. The van der Waals surface area contributed by atoms with Gasteiger partial charge in [-0.25, -0.2) is 4.98 Å². The molecule has 1 atom stereocenters. The lowest BCUT2D eigenvalue weighted by Crippen LogP contribution is -2.20. The van der Waals surface area contributed by atoms with E-state index in [4.69, 9.17) is 22.1 Å². The Hall–Kier alpha value is -1.75. The van der Waals surface area contributed by atoms with Crippen LogP contribution in [0.2, 0.25) is 0 Å². The van der Waals surface area contributed by atoms with E-state index >= 15 is 0 Å². The van der Waals surface area contributed by atoms with Crippen LogP contribution >= 0.6 is 11.6 Å². The fourth-order valence-corrected chi connectivity index (χ4v) is 2.10. The van der Waals surface area contributed by atoms with Crippen LogP contribution in [-0.4, -0.2) is 22.6 Å². The maximum atomic E-state index is 11.1. The number of aromatic nitrogens is 2. The molecule has 6 heteroatoms. The molecule has 1 amide bonds. The lowest BCUT2D eigenvalue weighted by molar-refractivity contribution is -0.118. The van der Waals surface area contributed by atoms with Crippen LogP contribution in [0.3, 0.4) is 0 Å². The summed E-state index contributed by atoms with van der Waals surface area (Å²) >= 11 is 6.08. The summed E-state index contributed by atoms with van der Waals surface area (Å²) in [6.45, 7) is 1.85. The van der Waals surface area contributed by atoms with E-state index in [1.54, 1.807) is 18.6 Å². The lowest BCUT2D eigenvalue weighted by atomic mass is 10.3. The van der Waals surface area contributed by atoms with Crippen LogP contribution in [-0.2, 0) is 11.3 Å². The second-order valence-electron chi connectivity index (χ2n) is 3.97. The first kappa shape index (κ1) is 12.7. The Bertz CT molecular complexity index is 592. The van der Waals surface area contributed by atoms with Crippen molar-refractivity contribution >= 4 is 28.5 Å². The third-order valence-electron chi connectivity index (χ3n) is 2.66. The summed E-state index contributed by atoms with van der Waals surface area (Å²) in [5.74, 6) is 0.819. The number of para-hydroxylation sites is 1. The first-order chi connectivity index (χ1) is 8.54. The van der Waals surface area contributed by atoms with Gasteiger partial charge in [0.2, 0.25) is 5.91 Å². The number of fused-ring (bicyclic) bond motifs is 1. The third-order valence-corrected chi connectivity index (χ3v) is 2.86. The van der Waals surface area contributed by atoms with Gasteiger partial charge in [0.05, 0.1) is 18.0 Å². The molecule has 0 aliphatic rings. The molecular formula is C12H14ClN3O2. The highest BCUT2D eigenvalue weighted by molar-refractivity contribution is 6.20. The summed E-state index contributed by atoms with van der Waals surface area (Å²) in [6.07, 6.45) is 0. The topological polar surface area (TPSA) is 70.1 Å². The molecule has 2 aromatic rings. The lowest BCUT2D eigenvalue weighted by Gasteiger charge is -2.07. The number of alkyl halides is 1. The van der Waals surface area contributed by atoms with Crippen LogP contribution in [0.15, 0.2) is 18.2 Å². The highest BCUT2D eigenvalue weighted by atomic mass is 35.5. The second kappa shape index (κ2) is 4.86. The number of imidazole rings is 1. The minimum absolute atomic E-state index is 0.0516. The standard InChI is InChI=1S/C12H14ClN3O2/c1-7(13)12-15-11-8(16(12)6-10(14)17)4-3-5-9(11)18-2/h3-5,7H,6H2,1-2H3,(H2,14,17). The van der Waals surface area contributed by atoms with Crippen molar-refractivity contribution in [2.75, 3.05) is 7.11 Å². The summed E-state index contributed by atoms with van der Waals surface area (Å²) in [4.78, 5) is 15.6. The molecule has 96 valence electrons. The fourth-order valence-electron chi connectivity index (χ4n) is 1.93. The number of benzene rings is 1. The Kier molecular flexibility index (Phi) is 3.43. The quantitative estimate of drug-likeness (QED) is 0.859. The Balaban J connectivity index is 2.71. The number of nitrogens with two attached hydrogens (primary N) is 1. The van der Waals surface area contributed by atoms with Crippen LogP contribution < -0.4 is 10.5 Å². The van der Waals surface area contributed by atoms with Crippen LogP contribution in [0.25, 0.3) is 11.0 Å². The smallest absolute Gasteiger partial charge is 0.237 e. The van der Waals surface area contributed by atoms with E-state index in [1.165, 1.54) is 0 Å². The maximum Gasteiger partial charge on any atom is 0.237 e. The number of hydrogen-bond donors (Lipinski definition) is 1. The van der Waals surface area contributed by atoms with Gasteiger partial charge in [0.15, 0.2) is 0 Å². The van der Waals surface area contributed by atoms with Crippen molar-refractivity contribution in [3.05, 3.63) is 24.0 Å². The van der Waals surface area contributed by atoms with Crippen LogP contribution in [0.4, 0.5) is 0 Å². The van der Waals surface area contributed by atoms with Gasteiger partial charge in [0.25, 0.3) is 0 Å². The molecular weight excluding hydrogens is 254 g/mol. The zero-order valence-corrected chi connectivity index (χ0v) is 10.9. The highest BCUT2D eigenvalue weighted by Crippen LogP contribution is 2.29. The number of carbonyl (C=O) groups is 1. The molecule has 0 aliphatic carbocycles. The van der Waals surface area contributed by atoms with Gasteiger partial charge in [-0.05, 0) is 19.1 Å². The van der Waals surface area contributed by atoms with Crippen molar-refractivity contribution < 1.29 is 9.53 Å². The Morgan fingerprint density at radius 1 is 1.61 bits per heavy atom. The van der Waals surface area contributed by atoms with E-state index in [2.05, 4.69) is 4.98 Å². The number of methoxy groups -OCH3 is 1. The molecule has 18 heavy (non-hydrogen) atoms. The largest absolute Gasteiger partial charge is 0.494 e. The van der Waals surface area contributed by atoms with Crippen molar-refractivity contribution in [2.24, 2.45) is 5.73 Å². The SMILES string of the molecule is COc1cccc2c1nc(C(C)Cl)n2CC(N)=O. The molecule has 0 radical (unpaired) electrons. The summed E-state index contributed by atoms with van der Waals surface area (Å²) in [5.41, 5.74) is 6.72. The van der Waals surface area contributed by atoms with Crippen molar-refractivity contribution in [3.8, 4) is 5.75 Å². The molecule has 0 saturated carbocycles. The second-order valence-corrected chi connectivity index (χ2v) is 4.62. The predicted molar refractivity (Wildman–Crippen MR) is 69.7 cm³/mol. The van der Waals surface area contributed by atoms with E-state index in [9.17, 15) is 4.79 Å². The summed E-state index contributed by atoms with van der Waals surface area (Å²) in [7, 11) is 1.58. The number of carbonyl (C=O) groups excluding carboxylic acids is 1. The van der Waals surface area contributed by atoms with Crippen molar-refractivity contribution in [1.82, 2.24) is 9.55 Å². The first-order valence-corrected chi connectivity index (χ1v) is 5.93. The Morgan fingerprint density at radius 2 is 2.33 bits per heavy atom. The van der Waals surface area contributed by atoms with E-state index < -0.39 is 5.91 Å². The first-order valence-electron chi connectivity index (χ1n) is 5.50. The maximum absolute atomic E-state index is 11.1. The Morgan fingerprint density at radius 3 is 2.89 bits per heavy atom. The molecule has 0 saturated heterocycles. The Labute approximate surface area is 109 Å². The van der Waals surface area contributed by atoms with Gasteiger partial charge < -0.3 is 15.0 Å². The summed E-state index contributed by atoms with van der Waals surface area (Å²) < 4.78 is 6.97. The molecule has 0 bridgehead atoms. The van der Waals surface area contributed by atoms with E-state index in [1.807, 2.05) is 18.2 Å². The number of rotatable bonds is 4. The number of halogens is 1. The monoisotopic (exact) mass is 267 g/mol. The van der Waals surface area contributed by atoms with E-state index in [0.717, 1.165) is 5.52 Å². The molecule has 1 aromatic heterocycles. The average molecular weight is 268 g/mol. The molecule has 2 N–H and O–H groups in total. The van der Waals surface area contributed by atoms with E-state index in [-0.39, 0.29) is 11.9 Å². The summed E-state index contributed by atoms with van der Waals surface area (Å²) in [6, 6.07) is 5.51. The molecule has 5 nitrogen and oxygen atoms in total. The van der Waals surface area contributed by atoms with Crippen molar-refractivity contribution in [1.29, 1.82) is 0 Å². The third kappa shape index (κ3) is 2.13. The number of nitrogens with zero attached hydrogens (tertiary/aromatic N) is 2. The minimum Gasteiger partial charge on any atom is -0.494 e. The number of ether oxygens (including phenoxy) is 1. The van der Waals surface area contributed by atoms with Gasteiger partial charge >= 0.3 is 0 Å². The van der Waals surface area contributed by atoms with Gasteiger partial charge in [-0.15, -0.1) is 11.6 Å². The van der Waals surface area contributed by atoms with Crippen molar-refractivity contribution in [2.45, 2.75) is 18.8 Å². The average Bonchev–Trinajstić information content (AvgIpc) is 2.67. The van der Waals surface area contributed by atoms with Crippen LogP contribution in [0.5, 0.6) is 5.75 Å². The fraction of sp³-hybridized carbons (Fsp3) is 0.333. The van der Waals surface area contributed by atoms with Crippen molar-refractivity contribution in [3.63, 3.8) is 0 Å². The zero-order chi connectivity index (χ0) is 13.3. The van der Waals surface area contributed by atoms with Gasteiger partial charge in [-0.3, -0.25) is 4.79 Å². The highest BCUT2D eigenvalue weighted by Gasteiger charge is 2.18. The number of primary amides is 1. The van der Waals surface area contributed by atoms with E-state index in [0.29, 0.717) is 17.1 Å². The molecule has 0 fully saturated rings. The molecule has 1 heterocycles. The number of hydrogen-bond acceptors (Lipinski definition) is 3. The normalized spacial score (nSPS) is 12.6. The zero-order valence-electron chi connectivity index (χ0n) is 10.2. The van der Waals surface area contributed by atoms with Gasteiger partial charge in [0, 0.05) is 0 Å². The number of amides is 1.